The Hall–Kier alpha value is -3.87. The summed E-state index contributed by atoms with van der Waals surface area (Å²) in [4.78, 5) is 75.7. The molecular weight excluding hydrogens is 664 g/mol. The van der Waals surface area contributed by atoms with Crippen molar-refractivity contribution in [3.63, 3.8) is 0 Å². The fraction of sp³-hybridized carbons (Fsp3) is 0.718. The van der Waals surface area contributed by atoms with Gasteiger partial charge in [0.1, 0.15) is 24.2 Å². The molecule has 1 aromatic rings. The summed E-state index contributed by atoms with van der Waals surface area (Å²) in [5, 5.41) is 6.05. The van der Waals surface area contributed by atoms with Crippen LogP contribution < -0.4 is 20.1 Å². The maximum Gasteiger partial charge on any atom is 0.246 e. The molecule has 52 heavy (non-hydrogen) atoms. The van der Waals surface area contributed by atoms with Gasteiger partial charge in [-0.3, -0.25) is 24.0 Å². The van der Waals surface area contributed by atoms with Crippen LogP contribution >= 0.6 is 0 Å². The number of carbonyl (C=O) groups excluding carboxylic acids is 5. The molecule has 0 fully saturated rings. The van der Waals surface area contributed by atoms with E-state index in [4.69, 9.17) is 9.47 Å². The van der Waals surface area contributed by atoms with Crippen LogP contribution in [0.1, 0.15) is 74.8 Å². The first-order chi connectivity index (χ1) is 24.2. The Morgan fingerprint density at radius 3 is 1.40 bits per heavy atom. The van der Waals surface area contributed by atoms with Crippen LogP contribution in [0.5, 0.6) is 11.5 Å². The third-order valence-corrected chi connectivity index (χ3v) is 10.0. The molecule has 0 aliphatic carbocycles. The quantitative estimate of drug-likeness (QED) is 0.235. The first-order valence-electron chi connectivity index (χ1n) is 18.6. The lowest BCUT2D eigenvalue weighted by molar-refractivity contribution is -0.157. The highest BCUT2D eigenvalue weighted by molar-refractivity contribution is 5.96. The first-order valence-corrected chi connectivity index (χ1v) is 18.6. The first kappa shape index (κ1) is 44.3. The summed E-state index contributed by atoms with van der Waals surface area (Å²) in [6.45, 7) is 19.4. The molecule has 0 spiro atoms. The summed E-state index contributed by atoms with van der Waals surface area (Å²) in [5.41, 5.74) is 0.980. The predicted octanol–water partition coefficient (Wildman–Crippen LogP) is 3.25. The maximum absolute atomic E-state index is 14.4. The number of fused-ring (bicyclic) bond motifs is 1. The van der Waals surface area contributed by atoms with Crippen LogP contribution in [0.2, 0.25) is 0 Å². The number of carbonyl (C=O) groups is 5. The SMILES string of the molecule is CN[C@H](C(=O)N(C)[C@H](C(=O)N(C)[C@H](C(=O)N(C)[C@H](C(=O)N(C)[C@H](C(=O)NCCc1ccc2c(c1)OCO2)C(C)C)C(C)C)C(C)C)C(C)C)C(C)C. The molecule has 13 nitrogen and oxygen atoms in total. The van der Waals surface area contributed by atoms with Gasteiger partial charge in [-0.25, -0.2) is 0 Å². The van der Waals surface area contributed by atoms with E-state index in [-0.39, 0.29) is 60.0 Å². The molecule has 13 heteroatoms. The minimum absolute atomic E-state index is 0.00508. The van der Waals surface area contributed by atoms with E-state index in [0.29, 0.717) is 24.5 Å². The standard InChI is InChI=1S/C39H66N6O7/c1-22(2)30(40-11)36(47)43(13)32(24(5)6)38(49)45(15)34(26(9)10)39(50)44(14)33(25(7)8)37(48)42(12)31(23(3)4)35(46)41-19-18-27-16-17-28-29(20-27)52-21-51-28/h16-17,20,22-26,30-34,40H,18-19,21H2,1-15H3,(H,41,46)/t30-,31-,32-,33-,34-/m0/s1. The van der Waals surface area contributed by atoms with Crippen molar-refractivity contribution in [2.75, 3.05) is 48.6 Å². The predicted molar refractivity (Wildman–Crippen MR) is 203 cm³/mol. The second-order valence-electron chi connectivity index (χ2n) is 15.8. The Bertz CT molecular complexity index is 1400. The van der Waals surface area contributed by atoms with Crippen LogP contribution in [0.25, 0.3) is 0 Å². The van der Waals surface area contributed by atoms with Crippen molar-refractivity contribution in [1.29, 1.82) is 0 Å². The lowest BCUT2D eigenvalue weighted by atomic mass is 9.93. The topological polar surface area (TPSA) is 141 Å². The molecule has 2 N–H and O–H groups in total. The number of ether oxygens (including phenoxy) is 2. The molecule has 294 valence electrons. The largest absolute Gasteiger partial charge is 0.454 e. The van der Waals surface area contributed by atoms with Crippen molar-refractivity contribution in [3.05, 3.63) is 23.8 Å². The Labute approximate surface area is 312 Å². The average molecular weight is 731 g/mol. The number of hydrogen-bond donors (Lipinski definition) is 2. The lowest BCUT2D eigenvalue weighted by Gasteiger charge is -2.42. The van der Waals surface area contributed by atoms with E-state index >= 15 is 0 Å². The zero-order valence-electron chi connectivity index (χ0n) is 34.3. The normalized spacial score (nSPS) is 15.4. The van der Waals surface area contributed by atoms with Crippen molar-refractivity contribution in [2.24, 2.45) is 29.6 Å². The summed E-state index contributed by atoms with van der Waals surface area (Å²) in [7, 11) is 8.12. The van der Waals surface area contributed by atoms with E-state index in [9.17, 15) is 24.0 Å². The summed E-state index contributed by atoms with van der Waals surface area (Å²) in [6.07, 6.45) is 0.564. The van der Waals surface area contributed by atoms with Crippen molar-refractivity contribution in [2.45, 2.75) is 106 Å². The van der Waals surface area contributed by atoms with E-state index in [1.807, 2.05) is 87.4 Å². The molecule has 0 bridgehead atoms. The van der Waals surface area contributed by atoms with Crippen LogP contribution in [0.3, 0.4) is 0 Å². The summed E-state index contributed by atoms with van der Waals surface area (Å²) < 4.78 is 10.8. The monoisotopic (exact) mass is 730 g/mol. The number of amides is 5. The van der Waals surface area contributed by atoms with Gasteiger partial charge in [0.15, 0.2) is 11.5 Å². The number of nitrogens with zero attached hydrogens (tertiary/aromatic N) is 4. The fourth-order valence-electron chi connectivity index (χ4n) is 7.29. The lowest BCUT2D eigenvalue weighted by Crippen LogP contribution is -2.62. The van der Waals surface area contributed by atoms with Gasteiger partial charge in [0.25, 0.3) is 0 Å². The van der Waals surface area contributed by atoms with Crippen molar-refractivity contribution in [3.8, 4) is 11.5 Å². The molecular formula is C39H66N6O7. The Morgan fingerprint density at radius 1 is 0.596 bits per heavy atom. The van der Waals surface area contributed by atoms with E-state index < -0.39 is 36.1 Å². The third-order valence-electron chi connectivity index (χ3n) is 10.0. The van der Waals surface area contributed by atoms with E-state index in [1.54, 1.807) is 35.2 Å². The summed E-state index contributed by atoms with van der Waals surface area (Å²) in [5.74, 6) is -1.30. The van der Waals surface area contributed by atoms with Crippen molar-refractivity contribution >= 4 is 29.5 Å². The third kappa shape index (κ3) is 10.4. The van der Waals surface area contributed by atoms with Gasteiger partial charge in [0.05, 0.1) is 6.04 Å². The molecule has 0 unspecified atom stereocenters. The Balaban J connectivity index is 2.28. The molecule has 5 atom stereocenters. The highest BCUT2D eigenvalue weighted by atomic mass is 16.7. The van der Waals surface area contributed by atoms with Crippen LogP contribution in [-0.2, 0) is 30.4 Å². The molecule has 2 rings (SSSR count). The van der Waals surface area contributed by atoms with Gasteiger partial charge in [0, 0.05) is 34.7 Å². The fourth-order valence-corrected chi connectivity index (χ4v) is 7.29. The molecule has 0 aromatic heterocycles. The van der Waals surface area contributed by atoms with Gasteiger partial charge in [-0.05, 0) is 60.8 Å². The zero-order valence-corrected chi connectivity index (χ0v) is 34.3. The Kier molecular flexibility index (Phi) is 16.4. The second-order valence-corrected chi connectivity index (χ2v) is 15.8. The van der Waals surface area contributed by atoms with Gasteiger partial charge < -0.3 is 39.7 Å². The highest BCUT2D eigenvalue weighted by Gasteiger charge is 2.43. The number of benzene rings is 1. The minimum Gasteiger partial charge on any atom is -0.454 e. The van der Waals surface area contributed by atoms with Crippen molar-refractivity contribution < 1.29 is 33.4 Å². The van der Waals surface area contributed by atoms with Gasteiger partial charge in [-0.1, -0.05) is 75.3 Å². The highest BCUT2D eigenvalue weighted by Crippen LogP contribution is 2.32. The molecule has 0 saturated heterocycles. The molecule has 1 aliphatic heterocycles. The molecule has 1 heterocycles. The zero-order chi connectivity index (χ0) is 39.8. The number of rotatable bonds is 18. The minimum atomic E-state index is -0.910. The smallest absolute Gasteiger partial charge is 0.246 e. The van der Waals surface area contributed by atoms with Crippen LogP contribution in [0.4, 0.5) is 0 Å². The molecule has 0 radical (unpaired) electrons. The second kappa shape index (κ2) is 19.3. The van der Waals surface area contributed by atoms with Gasteiger partial charge in [-0.2, -0.15) is 0 Å². The van der Waals surface area contributed by atoms with Gasteiger partial charge in [0.2, 0.25) is 36.3 Å². The summed E-state index contributed by atoms with van der Waals surface area (Å²) in [6, 6.07) is 1.79. The van der Waals surface area contributed by atoms with Gasteiger partial charge >= 0.3 is 0 Å². The van der Waals surface area contributed by atoms with Crippen LogP contribution in [-0.4, -0.2) is 128 Å². The van der Waals surface area contributed by atoms with E-state index in [1.165, 1.54) is 19.6 Å². The molecule has 1 aliphatic rings. The number of likely N-dealkylation sites (N-methyl/N-ethyl adjacent to an activating group) is 5. The molecule has 0 saturated carbocycles. The molecule has 5 amide bonds. The van der Waals surface area contributed by atoms with Crippen molar-refractivity contribution in [1.82, 2.24) is 30.2 Å². The van der Waals surface area contributed by atoms with E-state index in [2.05, 4.69) is 10.6 Å². The number of nitrogens with one attached hydrogen (secondary N) is 2. The van der Waals surface area contributed by atoms with Crippen LogP contribution in [0.15, 0.2) is 18.2 Å². The van der Waals surface area contributed by atoms with Crippen LogP contribution in [0, 0.1) is 29.6 Å². The van der Waals surface area contributed by atoms with Gasteiger partial charge in [-0.15, -0.1) is 0 Å². The van der Waals surface area contributed by atoms with E-state index in [0.717, 1.165) is 5.56 Å². The average Bonchev–Trinajstić information content (AvgIpc) is 3.52. The Morgan fingerprint density at radius 2 is 1.00 bits per heavy atom. The summed E-state index contributed by atoms with van der Waals surface area (Å²) >= 11 is 0. The maximum atomic E-state index is 14.4. The number of hydrogen-bond acceptors (Lipinski definition) is 8. The molecule has 1 aromatic carbocycles.